The van der Waals surface area contributed by atoms with Gasteiger partial charge in [-0.05, 0) is 37.1 Å². The third-order valence-electron chi connectivity index (χ3n) is 3.88. The van der Waals surface area contributed by atoms with Gasteiger partial charge in [-0.25, -0.2) is 14.6 Å². The Morgan fingerprint density at radius 2 is 1.92 bits per heavy atom. The molecule has 0 amide bonds. The van der Waals surface area contributed by atoms with Gasteiger partial charge in [0, 0.05) is 23.1 Å². The highest BCUT2D eigenvalue weighted by molar-refractivity contribution is 9.10. The molecule has 3 heterocycles. The van der Waals surface area contributed by atoms with E-state index in [1.807, 2.05) is 26.0 Å². The van der Waals surface area contributed by atoms with E-state index in [-0.39, 0.29) is 5.56 Å². The number of hydrogen-bond acceptors (Lipinski definition) is 5. The van der Waals surface area contributed by atoms with Crippen molar-refractivity contribution >= 4 is 27.0 Å². The van der Waals surface area contributed by atoms with E-state index in [1.54, 1.807) is 29.5 Å². The van der Waals surface area contributed by atoms with E-state index in [0.717, 1.165) is 21.3 Å². The quantitative estimate of drug-likeness (QED) is 0.562. The Morgan fingerprint density at radius 3 is 2.60 bits per heavy atom. The number of nitrogens with zero attached hydrogens (tertiary/aromatic N) is 5. The molecule has 0 saturated carbocycles. The van der Waals surface area contributed by atoms with Gasteiger partial charge >= 0.3 is 0 Å². The molecule has 4 aromatic rings. The summed E-state index contributed by atoms with van der Waals surface area (Å²) in [5, 5.41) is 4.93. The largest absolute Gasteiger partial charge is 0.304 e. The van der Waals surface area contributed by atoms with Gasteiger partial charge in [-0.15, -0.1) is 5.10 Å². The first kappa shape index (κ1) is 15.6. The fraction of sp³-hybridized carbons (Fsp3) is 0.118. The third kappa shape index (κ3) is 2.74. The first-order valence-electron chi connectivity index (χ1n) is 7.56. The molecule has 25 heavy (non-hydrogen) atoms. The maximum atomic E-state index is 12.4. The number of fused-ring (bicyclic) bond motifs is 1. The first-order chi connectivity index (χ1) is 12.0. The predicted molar refractivity (Wildman–Crippen MR) is 97.7 cm³/mol. The minimum Gasteiger partial charge on any atom is -0.304 e. The number of aromatic amines is 1. The molecule has 0 bridgehead atoms. The van der Waals surface area contributed by atoms with Crippen molar-refractivity contribution in [2.75, 3.05) is 0 Å². The summed E-state index contributed by atoms with van der Waals surface area (Å²) < 4.78 is 2.70. The lowest BCUT2D eigenvalue weighted by molar-refractivity contribution is 0.872. The third-order valence-corrected chi connectivity index (χ3v) is 4.34. The van der Waals surface area contributed by atoms with Gasteiger partial charge in [0.25, 0.3) is 5.56 Å². The molecular weight excluding hydrogens is 384 g/mol. The molecule has 0 fully saturated rings. The average molecular weight is 397 g/mol. The Hall–Kier alpha value is -2.87. The molecule has 0 aliphatic heterocycles. The van der Waals surface area contributed by atoms with E-state index in [0.29, 0.717) is 22.6 Å². The summed E-state index contributed by atoms with van der Waals surface area (Å²) in [6.45, 7) is 4.00. The number of halogens is 1. The van der Waals surface area contributed by atoms with Crippen LogP contribution >= 0.6 is 15.9 Å². The molecule has 0 saturated heterocycles. The Balaban J connectivity index is 1.92. The molecule has 0 atom stereocenters. The highest BCUT2D eigenvalue weighted by Crippen LogP contribution is 2.24. The van der Waals surface area contributed by atoms with Crippen molar-refractivity contribution in [3.05, 3.63) is 62.9 Å². The highest BCUT2D eigenvalue weighted by Gasteiger charge is 2.14. The summed E-state index contributed by atoms with van der Waals surface area (Å²) in [5.74, 6) is 0.347. The van der Waals surface area contributed by atoms with Crippen molar-refractivity contribution in [2.45, 2.75) is 13.8 Å². The van der Waals surface area contributed by atoms with Crippen LogP contribution in [0.5, 0.6) is 0 Å². The zero-order valence-electron chi connectivity index (χ0n) is 13.5. The second-order valence-corrected chi connectivity index (χ2v) is 6.62. The van der Waals surface area contributed by atoms with E-state index in [1.165, 1.54) is 0 Å². The summed E-state index contributed by atoms with van der Waals surface area (Å²) in [4.78, 5) is 27.8. The zero-order valence-corrected chi connectivity index (χ0v) is 15.1. The Bertz CT molecular complexity index is 1130. The van der Waals surface area contributed by atoms with Crippen molar-refractivity contribution in [3.63, 3.8) is 0 Å². The summed E-state index contributed by atoms with van der Waals surface area (Å²) in [6.07, 6.45) is 6.36. The number of H-pyrrole nitrogens is 1. The standard InChI is InChI=1S/C17H13BrN6O/c1-9-5-11(18)6-10(2)14(9)24-8-12-15(23-24)21-16(22-17(12)25)13-7-19-3-4-20-13/h3-8H,1-2H3,(H,21,22,23,25). The highest BCUT2D eigenvalue weighted by atomic mass is 79.9. The molecule has 0 spiro atoms. The second-order valence-electron chi connectivity index (χ2n) is 5.70. The van der Waals surface area contributed by atoms with Crippen molar-refractivity contribution in [3.8, 4) is 17.2 Å². The zero-order chi connectivity index (χ0) is 17.6. The molecular formula is C17H13BrN6O. The van der Waals surface area contributed by atoms with Crippen LogP contribution in [0, 0.1) is 13.8 Å². The molecule has 124 valence electrons. The van der Waals surface area contributed by atoms with Crippen LogP contribution in [0.15, 0.2) is 46.2 Å². The fourth-order valence-electron chi connectivity index (χ4n) is 2.84. The van der Waals surface area contributed by atoms with Gasteiger partial charge in [0.1, 0.15) is 11.1 Å². The lowest BCUT2D eigenvalue weighted by atomic mass is 10.1. The molecule has 0 radical (unpaired) electrons. The number of hydrogen-bond donors (Lipinski definition) is 1. The normalized spacial score (nSPS) is 11.2. The number of benzene rings is 1. The molecule has 8 heteroatoms. The van der Waals surface area contributed by atoms with Crippen LogP contribution in [0.3, 0.4) is 0 Å². The minimum absolute atomic E-state index is 0.260. The molecule has 1 N–H and O–H groups in total. The van der Waals surface area contributed by atoms with E-state index >= 15 is 0 Å². The van der Waals surface area contributed by atoms with Crippen LogP contribution in [0.1, 0.15) is 11.1 Å². The predicted octanol–water partition coefficient (Wildman–Crippen LogP) is 2.95. The van der Waals surface area contributed by atoms with E-state index in [9.17, 15) is 4.79 Å². The molecule has 4 rings (SSSR count). The first-order valence-corrected chi connectivity index (χ1v) is 8.35. The van der Waals surface area contributed by atoms with Gasteiger partial charge in [0.15, 0.2) is 11.5 Å². The molecule has 0 aliphatic carbocycles. The van der Waals surface area contributed by atoms with Crippen LogP contribution in [0.25, 0.3) is 28.2 Å². The smallest absolute Gasteiger partial charge is 0.262 e. The second kappa shape index (κ2) is 5.89. The number of nitrogens with one attached hydrogen (secondary N) is 1. The van der Waals surface area contributed by atoms with Crippen LogP contribution in [-0.2, 0) is 0 Å². The van der Waals surface area contributed by atoms with E-state index in [2.05, 4.69) is 41.0 Å². The lowest BCUT2D eigenvalue weighted by Gasteiger charge is -2.10. The van der Waals surface area contributed by atoms with Crippen molar-refractivity contribution < 1.29 is 0 Å². The lowest BCUT2D eigenvalue weighted by Crippen LogP contribution is -2.09. The van der Waals surface area contributed by atoms with Gasteiger partial charge in [-0.3, -0.25) is 9.78 Å². The molecule has 0 aliphatic rings. The topological polar surface area (TPSA) is 89.4 Å². The molecule has 7 nitrogen and oxygen atoms in total. The van der Waals surface area contributed by atoms with Crippen LogP contribution in [0.4, 0.5) is 0 Å². The van der Waals surface area contributed by atoms with Crippen LogP contribution in [0.2, 0.25) is 0 Å². The van der Waals surface area contributed by atoms with E-state index in [4.69, 9.17) is 0 Å². The number of aromatic nitrogens is 6. The van der Waals surface area contributed by atoms with Gasteiger partial charge in [-0.1, -0.05) is 15.9 Å². The van der Waals surface area contributed by atoms with E-state index < -0.39 is 0 Å². The Morgan fingerprint density at radius 1 is 1.16 bits per heavy atom. The molecule has 1 aromatic carbocycles. The Labute approximate surface area is 150 Å². The summed E-state index contributed by atoms with van der Waals surface area (Å²) >= 11 is 3.49. The van der Waals surface area contributed by atoms with Gasteiger partial charge in [0.05, 0.1) is 11.9 Å². The molecule has 0 unspecified atom stereocenters. The minimum atomic E-state index is -0.260. The monoisotopic (exact) mass is 396 g/mol. The average Bonchev–Trinajstić information content (AvgIpc) is 2.99. The summed E-state index contributed by atoms with van der Waals surface area (Å²) in [6, 6.07) is 4.02. The van der Waals surface area contributed by atoms with Crippen molar-refractivity contribution in [2.24, 2.45) is 0 Å². The van der Waals surface area contributed by atoms with Crippen LogP contribution < -0.4 is 5.56 Å². The Kier molecular flexibility index (Phi) is 3.69. The maximum Gasteiger partial charge on any atom is 0.262 e. The van der Waals surface area contributed by atoms with Gasteiger partial charge in [-0.2, -0.15) is 0 Å². The van der Waals surface area contributed by atoms with Gasteiger partial charge < -0.3 is 4.98 Å². The molecule has 3 aromatic heterocycles. The SMILES string of the molecule is Cc1cc(Br)cc(C)c1-n1cc2c(=O)[nH]c(-c3cnccn3)nc2n1. The number of rotatable bonds is 2. The summed E-state index contributed by atoms with van der Waals surface area (Å²) in [5.41, 5.74) is 3.62. The van der Waals surface area contributed by atoms with Crippen LogP contribution in [-0.4, -0.2) is 29.7 Å². The maximum absolute atomic E-state index is 12.4. The van der Waals surface area contributed by atoms with Gasteiger partial charge in [0.2, 0.25) is 0 Å². The van der Waals surface area contributed by atoms with Crippen molar-refractivity contribution in [1.82, 2.24) is 29.7 Å². The van der Waals surface area contributed by atoms with Crippen molar-refractivity contribution in [1.29, 1.82) is 0 Å². The summed E-state index contributed by atoms with van der Waals surface area (Å²) in [7, 11) is 0. The fourth-order valence-corrected chi connectivity index (χ4v) is 3.52. The number of aryl methyl sites for hydroxylation is 2.